The van der Waals surface area contributed by atoms with Crippen molar-refractivity contribution in [2.45, 2.75) is 13.8 Å². The monoisotopic (exact) mass is 366 g/mol. The van der Waals surface area contributed by atoms with Gasteiger partial charge in [-0.2, -0.15) is 0 Å². The maximum atomic E-state index is 12.2. The number of esters is 1. The number of carbonyl (C=O) groups excluding carboxylic acids is 3. The molecule has 3 rings (SSSR count). The molecule has 7 heteroatoms. The maximum absolute atomic E-state index is 12.2. The molecule has 0 aliphatic carbocycles. The van der Waals surface area contributed by atoms with Crippen molar-refractivity contribution in [3.8, 4) is 0 Å². The van der Waals surface area contributed by atoms with Gasteiger partial charge in [-0.25, -0.2) is 4.79 Å². The van der Waals surface area contributed by atoms with E-state index in [2.05, 4.69) is 10.6 Å². The van der Waals surface area contributed by atoms with E-state index >= 15 is 0 Å². The minimum atomic E-state index is -0.703. The zero-order chi connectivity index (χ0) is 19.4. The Morgan fingerprint density at radius 3 is 2.41 bits per heavy atom. The number of carbonyl (C=O) groups is 3. The maximum Gasteiger partial charge on any atom is 0.375 e. The summed E-state index contributed by atoms with van der Waals surface area (Å²) < 4.78 is 10.6. The number of benzene rings is 2. The molecule has 3 aromatic rings. The summed E-state index contributed by atoms with van der Waals surface area (Å²) in [6.45, 7) is 2.69. The highest BCUT2D eigenvalue weighted by Crippen LogP contribution is 2.25. The third kappa shape index (κ3) is 4.33. The molecule has 0 aliphatic heterocycles. The second-order valence-corrected chi connectivity index (χ2v) is 5.94. The Kier molecular flexibility index (Phi) is 5.21. The first-order valence-electron chi connectivity index (χ1n) is 8.27. The van der Waals surface area contributed by atoms with Gasteiger partial charge in [0.15, 0.2) is 6.61 Å². The number of nitrogens with one attached hydrogen (secondary N) is 2. The van der Waals surface area contributed by atoms with E-state index in [1.54, 1.807) is 37.3 Å². The van der Waals surface area contributed by atoms with Gasteiger partial charge in [-0.1, -0.05) is 24.3 Å². The first kappa shape index (κ1) is 18.2. The fourth-order valence-corrected chi connectivity index (χ4v) is 2.64. The predicted octanol–water partition coefficient (Wildman–Crippen LogP) is 3.50. The van der Waals surface area contributed by atoms with Crippen LogP contribution in [0.4, 0.5) is 11.4 Å². The standard InChI is InChI=1S/C20H18N2O5/c1-12-16-8-3-4-9-17(16)27-19(12)20(25)26-11-18(24)22-15-7-5-6-14(10-15)21-13(2)23/h3-10H,11H2,1-2H3,(H,21,23)(H,22,24). The number of hydrogen-bond acceptors (Lipinski definition) is 5. The van der Waals surface area contributed by atoms with Gasteiger partial charge in [-0.15, -0.1) is 0 Å². The molecule has 2 amide bonds. The highest BCUT2D eigenvalue weighted by atomic mass is 16.5. The Morgan fingerprint density at radius 2 is 1.70 bits per heavy atom. The number of aryl methyl sites for hydroxylation is 1. The van der Waals surface area contributed by atoms with Gasteiger partial charge in [-0.05, 0) is 31.2 Å². The summed E-state index contributed by atoms with van der Waals surface area (Å²) in [5.74, 6) is -1.34. The molecule has 0 saturated heterocycles. The zero-order valence-electron chi connectivity index (χ0n) is 14.9. The first-order chi connectivity index (χ1) is 12.9. The molecule has 0 radical (unpaired) electrons. The highest BCUT2D eigenvalue weighted by Gasteiger charge is 2.19. The van der Waals surface area contributed by atoms with Crippen LogP contribution in [0.5, 0.6) is 0 Å². The second kappa shape index (κ2) is 7.74. The molecule has 0 bridgehead atoms. The first-order valence-corrected chi connectivity index (χ1v) is 8.27. The van der Waals surface area contributed by atoms with Crippen molar-refractivity contribution in [1.29, 1.82) is 0 Å². The van der Waals surface area contributed by atoms with Crippen LogP contribution < -0.4 is 10.6 Å². The summed E-state index contributed by atoms with van der Waals surface area (Å²) in [6, 6.07) is 13.9. The van der Waals surface area contributed by atoms with Gasteiger partial charge in [0, 0.05) is 29.2 Å². The summed E-state index contributed by atoms with van der Waals surface area (Å²) in [5.41, 5.74) is 2.28. The predicted molar refractivity (Wildman–Crippen MR) is 101 cm³/mol. The van der Waals surface area contributed by atoms with Gasteiger partial charge in [0.1, 0.15) is 5.58 Å². The summed E-state index contributed by atoms with van der Waals surface area (Å²) in [7, 11) is 0. The van der Waals surface area contributed by atoms with Crippen LogP contribution in [0, 0.1) is 6.92 Å². The van der Waals surface area contributed by atoms with Crippen LogP contribution in [0.2, 0.25) is 0 Å². The summed E-state index contributed by atoms with van der Waals surface area (Å²) in [4.78, 5) is 35.3. The molecule has 0 atom stereocenters. The van der Waals surface area contributed by atoms with E-state index in [-0.39, 0.29) is 11.7 Å². The molecule has 27 heavy (non-hydrogen) atoms. The lowest BCUT2D eigenvalue weighted by molar-refractivity contribution is -0.119. The van der Waals surface area contributed by atoms with Crippen LogP contribution in [0.25, 0.3) is 11.0 Å². The van der Waals surface area contributed by atoms with Crippen molar-refractivity contribution >= 4 is 40.1 Å². The van der Waals surface area contributed by atoms with Crippen molar-refractivity contribution in [2.75, 3.05) is 17.2 Å². The topological polar surface area (TPSA) is 97.6 Å². The number of amides is 2. The van der Waals surface area contributed by atoms with Crippen molar-refractivity contribution in [3.05, 3.63) is 59.9 Å². The number of hydrogen-bond donors (Lipinski definition) is 2. The van der Waals surface area contributed by atoms with Crippen LogP contribution in [-0.2, 0) is 14.3 Å². The van der Waals surface area contributed by atoms with E-state index in [1.807, 2.05) is 18.2 Å². The summed E-state index contributed by atoms with van der Waals surface area (Å²) in [5, 5.41) is 6.05. The molecule has 0 spiro atoms. The van der Waals surface area contributed by atoms with Crippen LogP contribution in [0.1, 0.15) is 23.0 Å². The Bertz CT molecular complexity index is 1020. The van der Waals surface area contributed by atoms with Crippen LogP contribution in [-0.4, -0.2) is 24.4 Å². The Balaban J connectivity index is 1.61. The molecule has 1 aromatic heterocycles. The number of ether oxygens (including phenoxy) is 1. The molecule has 1 heterocycles. The van der Waals surface area contributed by atoms with E-state index in [4.69, 9.17) is 9.15 Å². The van der Waals surface area contributed by atoms with Crippen LogP contribution in [0.15, 0.2) is 52.9 Å². The molecule has 0 unspecified atom stereocenters. The molecule has 0 fully saturated rings. The van der Waals surface area contributed by atoms with Crippen molar-refractivity contribution in [2.24, 2.45) is 0 Å². The lowest BCUT2D eigenvalue weighted by atomic mass is 10.1. The van der Waals surface area contributed by atoms with Gasteiger partial charge >= 0.3 is 5.97 Å². The number of fused-ring (bicyclic) bond motifs is 1. The molecule has 0 aliphatic rings. The SMILES string of the molecule is CC(=O)Nc1cccc(NC(=O)COC(=O)c2oc3ccccc3c2C)c1. The lowest BCUT2D eigenvalue weighted by Gasteiger charge is -2.08. The summed E-state index contributed by atoms with van der Waals surface area (Å²) >= 11 is 0. The Labute approximate surface area is 155 Å². The smallest absolute Gasteiger partial charge is 0.375 e. The largest absolute Gasteiger partial charge is 0.450 e. The minimum Gasteiger partial charge on any atom is -0.450 e. The minimum absolute atomic E-state index is 0.0802. The number of para-hydroxylation sites is 1. The average molecular weight is 366 g/mol. The molecular weight excluding hydrogens is 348 g/mol. The molecule has 2 N–H and O–H groups in total. The fourth-order valence-electron chi connectivity index (χ4n) is 2.64. The molecule has 138 valence electrons. The van der Waals surface area contributed by atoms with Crippen LogP contribution in [0.3, 0.4) is 0 Å². The molecule has 2 aromatic carbocycles. The van der Waals surface area contributed by atoms with E-state index in [0.717, 1.165) is 5.39 Å². The number of furan rings is 1. The van der Waals surface area contributed by atoms with Gasteiger partial charge in [0.05, 0.1) is 0 Å². The van der Waals surface area contributed by atoms with Crippen LogP contribution >= 0.6 is 0 Å². The third-order valence-corrected chi connectivity index (χ3v) is 3.83. The van der Waals surface area contributed by atoms with Crippen molar-refractivity contribution < 1.29 is 23.5 Å². The van der Waals surface area contributed by atoms with Gasteiger partial charge < -0.3 is 19.8 Å². The fraction of sp³-hybridized carbons (Fsp3) is 0.150. The van der Waals surface area contributed by atoms with E-state index < -0.39 is 18.5 Å². The Morgan fingerprint density at radius 1 is 1.00 bits per heavy atom. The molecule has 7 nitrogen and oxygen atoms in total. The lowest BCUT2D eigenvalue weighted by Crippen LogP contribution is -2.21. The Hall–Kier alpha value is -3.61. The normalized spacial score (nSPS) is 10.4. The zero-order valence-corrected chi connectivity index (χ0v) is 14.9. The quantitative estimate of drug-likeness (QED) is 0.674. The van der Waals surface area contributed by atoms with Gasteiger partial charge in [-0.3, -0.25) is 9.59 Å². The second-order valence-electron chi connectivity index (χ2n) is 5.94. The van der Waals surface area contributed by atoms with E-state index in [9.17, 15) is 14.4 Å². The van der Waals surface area contributed by atoms with Crippen molar-refractivity contribution in [1.82, 2.24) is 0 Å². The van der Waals surface area contributed by atoms with E-state index in [0.29, 0.717) is 22.5 Å². The molecular formula is C20H18N2O5. The average Bonchev–Trinajstić information content (AvgIpc) is 2.97. The summed E-state index contributed by atoms with van der Waals surface area (Å²) in [6.07, 6.45) is 0. The highest BCUT2D eigenvalue weighted by molar-refractivity contribution is 5.98. The van der Waals surface area contributed by atoms with Gasteiger partial charge in [0.2, 0.25) is 11.7 Å². The van der Waals surface area contributed by atoms with Crippen molar-refractivity contribution in [3.63, 3.8) is 0 Å². The number of anilines is 2. The van der Waals surface area contributed by atoms with Gasteiger partial charge in [0.25, 0.3) is 5.91 Å². The third-order valence-electron chi connectivity index (χ3n) is 3.83. The molecule has 0 saturated carbocycles. The number of rotatable bonds is 5. The van der Waals surface area contributed by atoms with E-state index in [1.165, 1.54) is 6.92 Å².